The smallest absolute Gasteiger partial charge is 0.342 e. The van der Waals surface area contributed by atoms with Gasteiger partial charge in [0.05, 0.1) is 10.7 Å². The fraction of sp³-hybridized carbons (Fsp3) is 0.227. The third-order valence-corrected chi connectivity index (χ3v) is 5.39. The van der Waals surface area contributed by atoms with Crippen LogP contribution in [0.4, 0.5) is 9.18 Å². The molecule has 4 rings (SSSR count). The van der Waals surface area contributed by atoms with Crippen molar-refractivity contribution in [1.82, 2.24) is 25.1 Å². The van der Waals surface area contributed by atoms with Gasteiger partial charge in [-0.05, 0) is 49.6 Å². The predicted octanol–water partition coefficient (Wildman–Crippen LogP) is 4.56. The summed E-state index contributed by atoms with van der Waals surface area (Å²) in [6, 6.07) is 7.85. The van der Waals surface area contributed by atoms with Crippen LogP contribution in [0.5, 0.6) is 0 Å². The van der Waals surface area contributed by atoms with Crippen LogP contribution in [0.1, 0.15) is 28.1 Å². The summed E-state index contributed by atoms with van der Waals surface area (Å²) in [5.41, 5.74) is 5.35. The Labute approximate surface area is 178 Å². The Morgan fingerprint density at radius 2 is 2.03 bits per heavy atom. The molecule has 0 saturated carbocycles. The Hall–Kier alpha value is -3.19. The first-order chi connectivity index (χ1) is 14.4. The second kappa shape index (κ2) is 8.28. The van der Waals surface area contributed by atoms with E-state index in [4.69, 9.17) is 11.6 Å². The molecule has 0 spiro atoms. The Kier molecular flexibility index (Phi) is 5.55. The zero-order valence-corrected chi connectivity index (χ0v) is 17.4. The van der Waals surface area contributed by atoms with E-state index in [1.165, 1.54) is 16.8 Å². The van der Waals surface area contributed by atoms with E-state index in [9.17, 15) is 9.18 Å². The van der Waals surface area contributed by atoms with E-state index in [-0.39, 0.29) is 11.8 Å². The summed E-state index contributed by atoms with van der Waals surface area (Å²) in [7, 11) is 0. The quantitative estimate of drug-likeness (QED) is 0.492. The number of nitrogens with zero attached hydrogens (tertiary/aromatic N) is 3. The van der Waals surface area contributed by atoms with Gasteiger partial charge in [0.25, 0.3) is 0 Å². The summed E-state index contributed by atoms with van der Waals surface area (Å²) < 4.78 is 14.4. The van der Waals surface area contributed by atoms with Crippen LogP contribution >= 0.6 is 11.6 Å². The molecule has 0 saturated heterocycles. The van der Waals surface area contributed by atoms with E-state index < -0.39 is 0 Å². The van der Waals surface area contributed by atoms with Crippen molar-refractivity contribution < 1.29 is 9.18 Å². The molecule has 2 N–H and O–H groups in total. The average Bonchev–Trinajstić information content (AvgIpc) is 3.25. The molecule has 0 atom stereocenters. The number of amides is 1. The maximum atomic E-state index is 13.0. The summed E-state index contributed by atoms with van der Waals surface area (Å²) in [6.45, 7) is 4.21. The summed E-state index contributed by atoms with van der Waals surface area (Å²) in [4.78, 5) is 20.1. The van der Waals surface area contributed by atoms with Crippen molar-refractivity contribution >= 4 is 28.7 Å². The number of fused-ring (bicyclic) bond motifs is 1. The highest BCUT2D eigenvalue weighted by atomic mass is 35.5. The van der Waals surface area contributed by atoms with E-state index in [2.05, 4.69) is 20.4 Å². The molecule has 0 aliphatic heterocycles. The van der Waals surface area contributed by atoms with Gasteiger partial charge >= 0.3 is 6.03 Å². The molecule has 6 nitrogen and oxygen atoms in total. The van der Waals surface area contributed by atoms with E-state index in [0.717, 1.165) is 39.1 Å². The third kappa shape index (κ3) is 4.07. The van der Waals surface area contributed by atoms with E-state index >= 15 is 0 Å². The maximum Gasteiger partial charge on any atom is 0.342 e. The number of carbonyl (C=O) groups is 1. The number of carbonyl (C=O) groups excluding carboxylic acids is 1. The van der Waals surface area contributed by atoms with E-state index in [1.54, 1.807) is 18.3 Å². The number of nitrogens with one attached hydrogen (secondary N) is 2. The molecule has 3 aromatic heterocycles. The van der Waals surface area contributed by atoms with Crippen LogP contribution in [0.3, 0.4) is 0 Å². The molecule has 30 heavy (non-hydrogen) atoms. The van der Waals surface area contributed by atoms with Gasteiger partial charge in [0.15, 0.2) is 0 Å². The van der Waals surface area contributed by atoms with Gasteiger partial charge in [-0.3, -0.25) is 0 Å². The van der Waals surface area contributed by atoms with E-state index in [1.807, 2.05) is 26.1 Å². The lowest BCUT2D eigenvalue weighted by molar-refractivity contribution is 0.239. The van der Waals surface area contributed by atoms with Crippen molar-refractivity contribution in [3.05, 3.63) is 81.6 Å². The number of rotatable bonds is 5. The number of aryl methyl sites for hydroxylation is 1. The molecule has 0 fully saturated rings. The number of H-pyrrole nitrogens is 1. The molecular weight excluding hydrogens is 405 g/mol. The van der Waals surface area contributed by atoms with Crippen LogP contribution in [0.15, 0.2) is 42.7 Å². The Balaban J connectivity index is 1.47. The van der Waals surface area contributed by atoms with Crippen molar-refractivity contribution in [3.63, 3.8) is 0 Å². The molecule has 8 heteroatoms. The first-order valence-electron chi connectivity index (χ1n) is 9.61. The van der Waals surface area contributed by atoms with Gasteiger partial charge in [-0.15, -0.1) is 0 Å². The predicted molar refractivity (Wildman–Crippen MR) is 115 cm³/mol. The molecule has 0 unspecified atom stereocenters. The molecule has 154 valence electrons. The number of aromatic amines is 1. The number of pyridine rings is 1. The zero-order chi connectivity index (χ0) is 21.3. The van der Waals surface area contributed by atoms with Gasteiger partial charge in [0.1, 0.15) is 11.5 Å². The van der Waals surface area contributed by atoms with Gasteiger partial charge in [0, 0.05) is 42.0 Å². The fourth-order valence-corrected chi connectivity index (χ4v) is 3.70. The molecule has 0 radical (unpaired) electrons. The van der Waals surface area contributed by atoms with Crippen molar-refractivity contribution in [2.45, 2.75) is 26.7 Å². The first-order valence-corrected chi connectivity index (χ1v) is 9.99. The molecule has 0 bridgehead atoms. The van der Waals surface area contributed by atoms with Crippen LogP contribution in [0, 0.1) is 19.7 Å². The molecule has 3 heterocycles. The monoisotopic (exact) mass is 425 g/mol. The topological polar surface area (TPSA) is 75.6 Å². The molecule has 1 amide bonds. The number of aromatic nitrogens is 4. The lowest BCUT2D eigenvalue weighted by Crippen LogP contribution is -2.31. The molecule has 1 aromatic carbocycles. The van der Waals surface area contributed by atoms with Gasteiger partial charge in [0.2, 0.25) is 0 Å². The van der Waals surface area contributed by atoms with Crippen molar-refractivity contribution in [3.8, 4) is 0 Å². The Morgan fingerprint density at radius 3 is 2.80 bits per heavy atom. The minimum atomic E-state index is -0.285. The second-order valence-corrected chi connectivity index (χ2v) is 7.65. The molecule has 0 aliphatic rings. The number of hydrogen-bond acceptors (Lipinski definition) is 3. The summed E-state index contributed by atoms with van der Waals surface area (Å²) >= 11 is 6.09. The Bertz CT molecular complexity index is 1210. The average molecular weight is 426 g/mol. The number of halogens is 2. The van der Waals surface area contributed by atoms with Crippen molar-refractivity contribution in [2.24, 2.45) is 0 Å². The highest BCUT2D eigenvalue weighted by molar-refractivity contribution is 6.31. The van der Waals surface area contributed by atoms with Crippen LogP contribution in [0.25, 0.3) is 11.0 Å². The Morgan fingerprint density at radius 1 is 1.27 bits per heavy atom. The first kappa shape index (κ1) is 20.1. The third-order valence-electron chi connectivity index (χ3n) is 5.19. The summed E-state index contributed by atoms with van der Waals surface area (Å²) in [5, 5.41) is 8.84. The SMILES string of the molecule is Cc1nn(C(=O)NCCc2ccc(F)cc2)c(C)c1Cc1c[nH]c2ncc(Cl)cc12. The molecular formula is C22H21ClFN5O. The van der Waals surface area contributed by atoms with Crippen LogP contribution in [-0.4, -0.2) is 32.3 Å². The minimum absolute atomic E-state index is 0.272. The number of benzene rings is 1. The summed E-state index contributed by atoms with van der Waals surface area (Å²) in [6.07, 6.45) is 4.74. The highest BCUT2D eigenvalue weighted by Crippen LogP contribution is 2.25. The van der Waals surface area contributed by atoms with Crippen LogP contribution in [0.2, 0.25) is 5.02 Å². The van der Waals surface area contributed by atoms with Crippen LogP contribution in [-0.2, 0) is 12.8 Å². The molecule has 0 aliphatic carbocycles. The van der Waals surface area contributed by atoms with Gasteiger partial charge in [-0.1, -0.05) is 23.7 Å². The summed E-state index contributed by atoms with van der Waals surface area (Å²) in [5.74, 6) is -0.272. The van der Waals surface area contributed by atoms with Gasteiger partial charge in [-0.2, -0.15) is 9.78 Å². The normalized spacial score (nSPS) is 11.2. The minimum Gasteiger partial charge on any atom is -0.346 e. The zero-order valence-electron chi connectivity index (χ0n) is 16.7. The van der Waals surface area contributed by atoms with Gasteiger partial charge < -0.3 is 10.3 Å². The molecule has 4 aromatic rings. The standard InChI is InChI=1S/C22H21ClFN5O/c1-13-19(9-16-11-26-21-20(16)10-17(23)12-27-21)14(2)29(28-13)22(30)25-8-7-15-3-5-18(24)6-4-15/h3-6,10-12H,7-9H2,1-2H3,(H,25,30)(H,26,27). The van der Waals surface area contributed by atoms with E-state index in [0.29, 0.717) is 24.4 Å². The lowest BCUT2D eigenvalue weighted by Gasteiger charge is -2.07. The van der Waals surface area contributed by atoms with Crippen LogP contribution < -0.4 is 5.32 Å². The largest absolute Gasteiger partial charge is 0.346 e. The van der Waals surface area contributed by atoms with Crippen molar-refractivity contribution in [1.29, 1.82) is 0 Å². The lowest BCUT2D eigenvalue weighted by atomic mass is 10.0. The fourth-order valence-electron chi connectivity index (χ4n) is 3.54. The second-order valence-electron chi connectivity index (χ2n) is 7.21. The highest BCUT2D eigenvalue weighted by Gasteiger charge is 2.18. The van der Waals surface area contributed by atoms with Crippen molar-refractivity contribution in [2.75, 3.05) is 6.54 Å². The van der Waals surface area contributed by atoms with Gasteiger partial charge in [-0.25, -0.2) is 14.2 Å². The number of hydrogen-bond donors (Lipinski definition) is 2. The maximum absolute atomic E-state index is 13.0.